The summed E-state index contributed by atoms with van der Waals surface area (Å²) in [6.07, 6.45) is 2.86. The fourth-order valence-corrected chi connectivity index (χ4v) is 3.45. The lowest BCUT2D eigenvalue weighted by Crippen LogP contribution is -2.28. The van der Waals surface area contributed by atoms with Gasteiger partial charge in [-0.2, -0.15) is 0 Å². The second-order valence-corrected chi connectivity index (χ2v) is 6.68. The van der Waals surface area contributed by atoms with Gasteiger partial charge in [-0.25, -0.2) is 0 Å². The van der Waals surface area contributed by atoms with E-state index in [-0.39, 0.29) is 17.7 Å². The van der Waals surface area contributed by atoms with E-state index in [1.165, 1.54) is 5.56 Å². The van der Waals surface area contributed by atoms with Crippen molar-refractivity contribution in [2.24, 2.45) is 0 Å². The maximum Gasteiger partial charge on any atom is 0.223 e. The van der Waals surface area contributed by atoms with Crippen molar-refractivity contribution in [3.05, 3.63) is 53.5 Å². The molecule has 5 heteroatoms. The molecule has 1 unspecified atom stereocenters. The van der Waals surface area contributed by atoms with Gasteiger partial charge in [0, 0.05) is 50.7 Å². The van der Waals surface area contributed by atoms with Crippen LogP contribution in [0.5, 0.6) is 0 Å². The van der Waals surface area contributed by atoms with Gasteiger partial charge in [0.1, 0.15) is 5.76 Å². The molecule has 0 radical (unpaired) electrons. The Bertz CT molecular complexity index is 781. The largest absolute Gasteiger partial charge is 0.469 e. The minimum atomic E-state index is 0.0498. The van der Waals surface area contributed by atoms with Crippen molar-refractivity contribution in [3.8, 4) is 0 Å². The van der Waals surface area contributed by atoms with Crippen LogP contribution in [0.4, 0.5) is 5.69 Å². The van der Waals surface area contributed by atoms with E-state index in [4.69, 9.17) is 4.42 Å². The molecular formula is C20H24N2O3. The standard InChI is InChI=1S/C20H24N2O3/c1-14-16(10-11-25-14)12-21(3)20(24)9-8-17-13-22(15(2)23)19-7-5-4-6-18(17)19/h4-7,10-11,17H,8-9,12-13H2,1-3H3. The zero-order valence-electron chi connectivity index (χ0n) is 15.0. The summed E-state index contributed by atoms with van der Waals surface area (Å²) in [7, 11) is 1.82. The molecule has 1 aliphatic rings. The highest BCUT2D eigenvalue weighted by Gasteiger charge is 2.30. The van der Waals surface area contributed by atoms with E-state index < -0.39 is 0 Å². The number of carbonyl (C=O) groups excluding carboxylic acids is 2. The molecule has 1 aliphatic heterocycles. The number of furan rings is 1. The first kappa shape index (κ1) is 17.3. The van der Waals surface area contributed by atoms with Gasteiger partial charge in [0.25, 0.3) is 0 Å². The molecule has 0 fully saturated rings. The third-order valence-electron chi connectivity index (χ3n) is 4.96. The second kappa shape index (κ2) is 7.13. The van der Waals surface area contributed by atoms with Gasteiger partial charge in [0.05, 0.1) is 6.26 Å². The quantitative estimate of drug-likeness (QED) is 0.837. The Balaban J connectivity index is 1.61. The third-order valence-corrected chi connectivity index (χ3v) is 4.96. The van der Waals surface area contributed by atoms with Crippen LogP contribution in [0.1, 0.15) is 42.6 Å². The summed E-state index contributed by atoms with van der Waals surface area (Å²) in [5, 5.41) is 0. The molecule has 0 spiro atoms. The van der Waals surface area contributed by atoms with Crippen molar-refractivity contribution >= 4 is 17.5 Å². The molecule has 2 heterocycles. The van der Waals surface area contributed by atoms with Gasteiger partial charge >= 0.3 is 0 Å². The smallest absolute Gasteiger partial charge is 0.223 e. The highest BCUT2D eigenvalue weighted by Crippen LogP contribution is 2.38. The number of benzene rings is 1. The zero-order valence-corrected chi connectivity index (χ0v) is 15.0. The molecule has 132 valence electrons. The van der Waals surface area contributed by atoms with Crippen LogP contribution in [-0.4, -0.2) is 30.3 Å². The summed E-state index contributed by atoms with van der Waals surface area (Å²) in [6, 6.07) is 9.88. The van der Waals surface area contributed by atoms with Crippen LogP contribution in [0.25, 0.3) is 0 Å². The van der Waals surface area contributed by atoms with Crippen LogP contribution in [-0.2, 0) is 16.1 Å². The molecule has 5 nitrogen and oxygen atoms in total. The number of carbonyl (C=O) groups is 2. The topological polar surface area (TPSA) is 53.8 Å². The van der Waals surface area contributed by atoms with E-state index in [1.807, 2.05) is 43.1 Å². The second-order valence-electron chi connectivity index (χ2n) is 6.68. The van der Waals surface area contributed by atoms with E-state index in [1.54, 1.807) is 18.1 Å². The van der Waals surface area contributed by atoms with E-state index >= 15 is 0 Å². The number of hydrogen-bond acceptors (Lipinski definition) is 3. The van der Waals surface area contributed by atoms with Crippen molar-refractivity contribution in [2.75, 3.05) is 18.5 Å². The molecule has 0 saturated heterocycles. The first-order valence-electron chi connectivity index (χ1n) is 8.61. The van der Waals surface area contributed by atoms with Crippen LogP contribution in [0.2, 0.25) is 0 Å². The summed E-state index contributed by atoms with van der Waals surface area (Å²) in [5.74, 6) is 1.22. The molecule has 2 amide bonds. The Hall–Kier alpha value is -2.56. The van der Waals surface area contributed by atoms with E-state index in [0.717, 1.165) is 23.4 Å². The minimum absolute atomic E-state index is 0.0498. The molecule has 0 bridgehead atoms. The number of aryl methyl sites for hydroxylation is 1. The highest BCUT2D eigenvalue weighted by molar-refractivity contribution is 5.94. The first-order chi connectivity index (χ1) is 12.0. The number of rotatable bonds is 5. The lowest BCUT2D eigenvalue weighted by atomic mass is 9.96. The SMILES string of the molecule is CC(=O)N1CC(CCC(=O)N(C)Cc2ccoc2C)c2ccccc21. The van der Waals surface area contributed by atoms with Gasteiger partial charge < -0.3 is 14.2 Å². The summed E-state index contributed by atoms with van der Waals surface area (Å²) in [6.45, 7) is 4.71. The average molecular weight is 340 g/mol. The maximum absolute atomic E-state index is 12.5. The summed E-state index contributed by atoms with van der Waals surface area (Å²) < 4.78 is 5.28. The van der Waals surface area contributed by atoms with Crippen LogP contribution in [0.15, 0.2) is 41.0 Å². The minimum Gasteiger partial charge on any atom is -0.469 e. The van der Waals surface area contributed by atoms with Gasteiger partial charge in [-0.1, -0.05) is 18.2 Å². The van der Waals surface area contributed by atoms with Gasteiger partial charge in [-0.05, 0) is 31.0 Å². The maximum atomic E-state index is 12.5. The van der Waals surface area contributed by atoms with E-state index in [9.17, 15) is 9.59 Å². The Morgan fingerprint density at radius 1 is 1.28 bits per heavy atom. The van der Waals surface area contributed by atoms with E-state index in [0.29, 0.717) is 19.5 Å². The lowest BCUT2D eigenvalue weighted by Gasteiger charge is -2.18. The van der Waals surface area contributed by atoms with Crippen LogP contribution >= 0.6 is 0 Å². The van der Waals surface area contributed by atoms with Crippen molar-refractivity contribution in [2.45, 2.75) is 39.2 Å². The number of nitrogens with zero attached hydrogens (tertiary/aromatic N) is 2. The number of amides is 2. The van der Waals surface area contributed by atoms with Gasteiger partial charge in [-0.15, -0.1) is 0 Å². The molecule has 2 aromatic rings. The third kappa shape index (κ3) is 3.60. The molecule has 1 aromatic carbocycles. The van der Waals surface area contributed by atoms with Crippen molar-refractivity contribution in [1.82, 2.24) is 4.90 Å². The molecule has 25 heavy (non-hydrogen) atoms. The van der Waals surface area contributed by atoms with Crippen LogP contribution in [0.3, 0.4) is 0 Å². The van der Waals surface area contributed by atoms with Crippen molar-refractivity contribution in [1.29, 1.82) is 0 Å². The summed E-state index contributed by atoms with van der Waals surface area (Å²) in [4.78, 5) is 27.9. The Labute approximate surface area is 148 Å². The fourth-order valence-electron chi connectivity index (χ4n) is 3.45. The predicted octanol–water partition coefficient (Wildman–Crippen LogP) is 3.48. The number of anilines is 1. The summed E-state index contributed by atoms with van der Waals surface area (Å²) >= 11 is 0. The lowest BCUT2D eigenvalue weighted by molar-refractivity contribution is -0.130. The summed E-state index contributed by atoms with van der Waals surface area (Å²) in [5.41, 5.74) is 3.18. The number of para-hydroxylation sites is 1. The van der Waals surface area contributed by atoms with Gasteiger partial charge in [0.2, 0.25) is 11.8 Å². The predicted molar refractivity (Wildman–Crippen MR) is 96.4 cm³/mol. The molecule has 0 N–H and O–H groups in total. The van der Waals surface area contributed by atoms with Crippen LogP contribution < -0.4 is 4.90 Å². The van der Waals surface area contributed by atoms with Gasteiger partial charge in [0.15, 0.2) is 0 Å². The molecule has 3 rings (SSSR count). The molecule has 0 aliphatic carbocycles. The van der Waals surface area contributed by atoms with Crippen LogP contribution in [0, 0.1) is 6.92 Å². The zero-order chi connectivity index (χ0) is 18.0. The van der Waals surface area contributed by atoms with Crippen molar-refractivity contribution in [3.63, 3.8) is 0 Å². The molecule has 1 atom stereocenters. The Morgan fingerprint density at radius 2 is 2.04 bits per heavy atom. The Kier molecular flexibility index (Phi) is 4.93. The average Bonchev–Trinajstić information content (AvgIpc) is 3.16. The number of hydrogen-bond donors (Lipinski definition) is 0. The molecule has 0 saturated carbocycles. The fraction of sp³-hybridized carbons (Fsp3) is 0.400. The monoisotopic (exact) mass is 340 g/mol. The van der Waals surface area contributed by atoms with E-state index in [2.05, 4.69) is 6.07 Å². The Morgan fingerprint density at radius 3 is 2.72 bits per heavy atom. The number of fused-ring (bicyclic) bond motifs is 1. The normalized spacial score (nSPS) is 16.0. The highest BCUT2D eigenvalue weighted by atomic mass is 16.3. The first-order valence-corrected chi connectivity index (χ1v) is 8.61. The molecular weight excluding hydrogens is 316 g/mol. The molecule has 1 aromatic heterocycles. The van der Waals surface area contributed by atoms with Gasteiger partial charge in [-0.3, -0.25) is 9.59 Å². The van der Waals surface area contributed by atoms with Crippen molar-refractivity contribution < 1.29 is 14.0 Å².